The molecule has 1 aliphatic rings. The number of halogens is 1. The molecule has 0 spiro atoms. The lowest BCUT2D eigenvalue weighted by Crippen LogP contribution is -2.50. The Hall–Kier alpha value is -1.70. The fourth-order valence-corrected chi connectivity index (χ4v) is 2.83. The second-order valence-corrected chi connectivity index (χ2v) is 5.67. The van der Waals surface area contributed by atoms with E-state index in [2.05, 4.69) is 0 Å². The number of benzene rings is 1. The molecule has 7 nitrogen and oxygen atoms in total. The Morgan fingerprint density at radius 1 is 1.50 bits per heavy atom. The molecular weight excluding hydrogens is 310 g/mol. The van der Waals surface area contributed by atoms with Crippen molar-refractivity contribution in [2.24, 2.45) is 5.73 Å². The number of carbonyl (C=O) groups excluding carboxylic acids is 1. The highest BCUT2D eigenvalue weighted by atomic mass is 35.5. The highest BCUT2D eigenvalue weighted by Crippen LogP contribution is 2.29. The van der Waals surface area contributed by atoms with E-state index >= 15 is 0 Å². The van der Waals surface area contributed by atoms with Crippen molar-refractivity contribution in [3.63, 3.8) is 0 Å². The number of nitro benzene ring substituents is 1. The molecular formula is C14H18ClN3O4. The molecule has 0 aromatic heterocycles. The lowest BCUT2D eigenvalue weighted by molar-refractivity contribution is -0.384. The first-order valence-corrected chi connectivity index (χ1v) is 7.32. The Balaban J connectivity index is 2.24. The average molecular weight is 328 g/mol. The standard InChI is InChI=1S/C14H18ClN3O4/c1-9-6-12(18(20)21)11(15)7-10(9)8-13(14(16)19)17-2-4-22-5-3-17/h6-7,13H,2-5,8H2,1H3,(H2,16,19)/t13-/m0/s1. The third-order valence-electron chi connectivity index (χ3n) is 3.83. The second-order valence-electron chi connectivity index (χ2n) is 5.26. The van der Waals surface area contributed by atoms with Crippen LogP contribution in [-0.2, 0) is 16.0 Å². The van der Waals surface area contributed by atoms with Crippen molar-refractivity contribution in [2.45, 2.75) is 19.4 Å². The molecule has 120 valence electrons. The van der Waals surface area contributed by atoms with Crippen molar-refractivity contribution in [1.29, 1.82) is 0 Å². The molecule has 1 aliphatic heterocycles. The van der Waals surface area contributed by atoms with E-state index in [1.165, 1.54) is 6.07 Å². The van der Waals surface area contributed by atoms with E-state index in [-0.39, 0.29) is 10.7 Å². The number of hydrogen-bond acceptors (Lipinski definition) is 5. The van der Waals surface area contributed by atoms with Crippen LogP contribution in [-0.4, -0.2) is 48.1 Å². The van der Waals surface area contributed by atoms with Crippen LogP contribution in [0.5, 0.6) is 0 Å². The number of nitrogens with two attached hydrogens (primary N) is 1. The maximum atomic E-state index is 11.8. The number of nitro groups is 1. The third-order valence-corrected chi connectivity index (χ3v) is 4.13. The van der Waals surface area contributed by atoms with Crippen molar-refractivity contribution in [1.82, 2.24) is 4.90 Å². The number of ether oxygens (including phenoxy) is 1. The molecule has 1 atom stereocenters. The number of aryl methyl sites for hydroxylation is 1. The lowest BCUT2D eigenvalue weighted by Gasteiger charge is -2.32. The van der Waals surface area contributed by atoms with Gasteiger partial charge in [0.15, 0.2) is 0 Å². The smallest absolute Gasteiger partial charge is 0.288 e. The van der Waals surface area contributed by atoms with Crippen molar-refractivity contribution in [3.05, 3.63) is 38.4 Å². The number of hydrogen-bond donors (Lipinski definition) is 1. The van der Waals surface area contributed by atoms with Crippen molar-refractivity contribution in [3.8, 4) is 0 Å². The Bertz CT molecular complexity index is 588. The van der Waals surface area contributed by atoms with E-state index in [9.17, 15) is 14.9 Å². The van der Waals surface area contributed by atoms with Crippen LogP contribution in [0.3, 0.4) is 0 Å². The van der Waals surface area contributed by atoms with Crippen molar-refractivity contribution < 1.29 is 14.5 Å². The zero-order valence-corrected chi connectivity index (χ0v) is 13.0. The molecule has 0 bridgehead atoms. The summed E-state index contributed by atoms with van der Waals surface area (Å²) in [5.74, 6) is -0.421. The lowest BCUT2D eigenvalue weighted by atomic mass is 9.98. The Morgan fingerprint density at radius 3 is 2.68 bits per heavy atom. The van der Waals surface area contributed by atoms with Gasteiger partial charge in [-0.15, -0.1) is 0 Å². The zero-order chi connectivity index (χ0) is 16.3. The molecule has 0 unspecified atom stereocenters. The monoisotopic (exact) mass is 327 g/mol. The topological polar surface area (TPSA) is 98.7 Å². The second kappa shape index (κ2) is 7.04. The summed E-state index contributed by atoms with van der Waals surface area (Å²) in [5.41, 5.74) is 6.89. The van der Waals surface area contributed by atoms with E-state index in [1.807, 2.05) is 4.90 Å². The summed E-state index contributed by atoms with van der Waals surface area (Å²) in [5, 5.41) is 11.0. The number of primary amides is 1. The van der Waals surface area contributed by atoms with Crippen LogP contribution in [0.1, 0.15) is 11.1 Å². The number of carbonyl (C=O) groups is 1. The van der Waals surface area contributed by atoms with Gasteiger partial charge in [-0.2, -0.15) is 0 Å². The van der Waals surface area contributed by atoms with Crippen LogP contribution in [0, 0.1) is 17.0 Å². The maximum absolute atomic E-state index is 11.8. The third kappa shape index (κ3) is 3.73. The highest BCUT2D eigenvalue weighted by molar-refractivity contribution is 6.32. The molecule has 1 heterocycles. The van der Waals surface area contributed by atoms with Crippen LogP contribution in [0.25, 0.3) is 0 Å². The molecule has 1 fully saturated rings. The van der Waals surface area contributed by atoms with Crippen LogP contribution in [0.2, 0.25) is 5.02 Å². The fraction of sp³-hybridized carbons (Fsp3) is 0.500. The minimum Gasteiger partial charge on any atom is -0.379 e. The number of amides is 1. The molecule has 22 heavy (non-hydrogen) atoms. The van der Waals surface area contributed by atoms with Crippen molar-refractivity contribution >= 4 is 23.2 Å². The molecule has 0 saturated carbocycles. The average Bonchev–Trinajstić information content (AvgIpc) is 2.47. The van der Waals surface area contributed by atoms with Crippen LogP contribution < -0.4 is 5.73 Å². The molecule has 2 N–H and O–H groups in total. The summed E-state index contributed by atoms with van der Waals surface area (Å²) < 4.78 is 5.27. The maximum Gasteiger partial charge on any atom is 0.288 e. The minimum atomic E-state index is -0.521. The van der Waals surface area contributed by atoms with E-state index in [1.54, 1.807) is 13.0 Å². The van der Waals surface area contributed by atoms with Gasteiger partial charge < -0.3 is 10.5 Å². The molecule has 1 amide bonds. The first-order chi connectivity index (χ1) is 10.4. The molecule has 0 radical (unpaired) electrons. The van der Waals surface area contributed by atoms with Gasteiger partial charge in [-0.1, -0.05) is 11.6 Å². The Labute approximate surface area is 133 Å². The molecule has 1 saturated heterocycles. The molecule has 1 aromatic rings. The molecule has 8 heteroatoms. The molecule has 2 rings (SSSR count). The molecule has 0 aliphatic carbocycles. The summed E-state index contributed by atoms with van der Waals surface area (Å²) in [6, 6.07) is 2.50. The van der Waals surface area contributed by atoms with Crippen LogP contribution in [0.4, 0.5) is 5.69 Å². The SMILES string of the molecule is Cc1cc([N+](=O)[O-])c(Cl)cc1C[C@@H](C(N)=O)N1CCOCC1. The van der Waals surface area contributed by atoms with E-state index in [4.69, 9.17) is 22.1 Å². The van der Waals surface area contributed by atoms with Gasteiger partial charge in [0, 0.05) is 19.2 Å². The summed E-state index contributed by atoms with van der Waals surface area (Å²) in [7, 11) is 0. The van der Waals surface area contributed by atoms with Gasteiger partial charge in [0.1, 0.15) is 5.02 Å². The first-order valence-electron chi connectivity index (χ1n) is 6.94. The fourth-order valence-electron chi connectivity index (χ4n) is 2.57. The summed E-state index contributed by atoms with van der Waals surface area (Å²) >= 11 is 5.95. The predicted octanol–water partition coefficient (Wildman–Crippen LogP) is 1.29. The van der Waals surface area contributed by atoms with E-state index in [0.29, 0.717) is 32.7 Å². The zero-order valence-electron chi connectivity index (χ0n) is 12.3. The highest BCUT2D eigenvalue weighted by Gasteiger charge is 2.27. The first kappa shape index (κ1) is 16.7. The van der Waals surface area contributed by atoms with E-state index < -0.39 is 16.9 Å². The summed E-state index contributed by atoms with van der Waals surface area (Å²) in [6.07, 6.45) is 0.374. The predicted molar refractivity (Wildman–Crippen MR) is 81.9 cm³/mol. The van der Waals surface area contributed by atoms with Gasteiger partial charge in [0.2, 0.25) is 5.91 Å². The van der Waals surface area contributed by atoms with Gasteiger partial charge in [-0.3, -0.25) is 19.8 Å². The van der Waals surface area contributed by atoms with Gasteiger partial charge in [-0.25, -0.2) is 0 Å². The summed E-state index contributed by atoms with van der Waals surface area (Å²) in [6.45, 7) is 4.14. The van der Waals surface area contributed by atoms with E-state index in [0.717, 1.165) is 11.1 Å². The minimum absolute atomic E-state index is 0.0656. The normalized spacial score (nSPS) is 17.2. The quantitative estimate of drug-likeness (QED) is 0.649. The van der Waals surface area contributed by atoms with Gasteiger partial charge in [0.25, 0.3) is 5.69 Å². The Kier molecular flexibility index (Phi) is 5.33. The van der Waals surface area contributed by atoms with Crippen LogP contribution >= 0.6 is 11.6 Å². The van der Waals surface area contributed by atoms with Crippen LogP contribution in [0.15, 0.2) is 12.1 Å². The Morgan fingerprint density at radius 2 is 2.14 bits per heavy atom. The number of morpholine rings is 1. The summed E-state index contributed by atoms with van der Waals surface area (Å²) in [4.78, 5) is 24.1. The largest absolute Gasteiger partial charge is 0.379 e. The van der Waals surface area contributed by atoms with Gasteiger partial charge in [-0.05, 0) is 30.5 Å². The molecule has 1 aromatic carbocycles. The van der Waals surface area contributed by atoms with Gasteiger partial charge in [0.05, 0.1) is 24.2 Å². The number of rotatable bonds is 5. The van der Waals surface area contributed by atoms with Gasteiger partial charge >= 0.3 is 0 Å². The number of nitrogens with zero attached hydrogens (tertiary/aromatic N) is 2. The van der Waals surface area contributed by atoms with Crippen molar-refractivity contribution in [2.75, 3.05) is 26.3 Å².